The molecule has 0 saturated carbocycles. The van der Waals surface area contributed by atoms with Crippen LogP contribution in [0.1, 0.15) is 50.8 Å². The van der Waals surface area contributed by atoms with Gasteiger partial charge in [-0.1, -0.05) is 56.3 Å². The largest absolute Gasteiger partial charge is 0.494 e. The summed E-state index contributed by atoms with van der Waals surface area (Å²) in [6, 6.07) is 23.2. The van der Waals surface area contributed by atoms with Crippen molar-refractivity contribution < 1.29 is 18.7 Å². The molecule has 4 rings (SSSR count). The molecule has 2 N–H and O–H groups in total. The number of nitrogens with zero attached hydrogens (tertiary/aromatic N) is 2. The summed E-state index contributed by atoms with van der Waals surface area (Å²) < 4.78 is 24.7. The summed E-state index contributed by atoms with van der Waals surface area (Å²) in [5.74, 6) is -0.0119. The van der Waals surface area contributed by atoms with Crippen molar-refractivity contribution in [2.24, 2.45) is 4.99 Å². The fourth-order valence-electron chi connectivity index (χ4n) is 4.69. The van der Waals surface area contributed by atoms with Gasteiger partial charge in [-0.2, -0.15) is 0 Å². The number of hydrogen-bond donors (Lipinski definition) is 2. The fourth-order valence-corrected chi connectivity index (χ4v) is 6.29. The number of aromatic hydroxyl groups is 1. The second-order valence-electron chi connectivity index (χ2n) is 9.27. The molecule has 0 amide bonds. The minimum atomic E-state index is -3.52. The number of benzene rings is 3. The molecule has 0 aliphatic carbocycles. The molecule has 0 aliphatic rings. The molecule has 0 bridgehead atoms. The maximum Gasteiger partial charge on any atom is 0.361 e. The van der Waals surface area contributed by atoms with Gasteiger partial charge >= 0.3 is 7.60 Å². The van der Waals surface area contributed by atoms with Crippen molar-refractivity contribution >= 4 is 35.2 Å². The molecule has 4 aromatic rings. The Morgan fingerprint density at radius 2 is 1.64 bits per heavy atom. The Labute approximate surface area is 231 Å². The predicted molar refractivity (Wildman–Crippen MR) is 160 cm³/mol. The van der Waals surface area contributed by atoms with Crippen molar-refractivity contribution in [3.8, 4) is 5.88 Å². The van der Waals surface area contributed by atoms with Gasteiger partial charge in [0.2, 0.25) is 0 Å². The zero-order valence-electron chi connectivity index (χ0n) is 23.2. The molecular formula is C31H38N3O4P. The second kappa shape index (κ2) is 13.2. The molecule has 1 heterocycles. The highest BCUT2D eigenvalue weighted by Gasteiger charge is 2.28. The van der Waals surface area contributed by atoms with Gasteiger partial charge < -0.3 is 19.1 Å². The highest BCUT2D eigenvalue weighted by atomic mass is 31.2. The lowest BCUT2D eigenvalue weighted by atomic mass is 10.0. The van der Waals surface area contributed by atoms with E-state index in [9.17, 15) is 9.67 Å². The molecule has 206 valence electrons. The quantitative estimate of drug-likeness (QED) is 0.137. The lowest BCUT2D eigenvalue weighted by molar-refractivity contribution is 0.230. The first-order valence-corrected chi connectivity index (χ1v) is 15.2. The monoisotopic (exact) mass is 547 g/mol. The predicted octanol–water partition coefficient (Wildman–Crippen LogP) is 7.17. The molecule has 0 fully saturated rings. The highest BCUT2D eigenvalue weighted by molar-refractivity contribution is 7.62. The van der Waals surface area contributed by atoms with Crippen LogP contribution in [0.4, 0.5) is 5.69 Å². The summed E-state index contributed by atoms with van der Waals surface area (Å²) in [4.78, 5) is 10.5. The van der Waals surface area contributed by atoms with Gasteiger partial charge in [0, 0.05) is 23.0 Å². The lowest BCUT2D eigenvalue weighted by Crippen LogP contribution is -2.23. The van der Waals surface area contributed by atoms with Crippen LogP contribution in [0.5, 0.6) is 5.88 Å². The van der Waals surface area contributed by atoms with E-state index in [1.807, 2.05) is 42.5 Å². The molecular weight excluding hydrogens is 509 g/mol. The van der Waals surface area contributed by atoms with E-state index in [1.165, 1.54) is 5.56 Å². The van der Waals surface area contributed by atoms with E-state index in [0.717, 1.165) is 37.3 Å². The van der Waals surface area contributed by atoms with E-state index in [2.05, 4.69) is 35.9 Å². The van der Waals surface area contributed by atoms with Gasteiger partial charge in [0.1, 0.15) is 0 Å². The van der Waals surface area contributed by atoms with Crippen LogP contribution in [0.15, 0.2) is 77.8 Å². The first kappa shape index (κ1) is 28.8. The summed E-state index contributed by atoms with van der Waals surface area (Å²) in [5, 5.41) is 12.2. The smallest absolute Gasteiger partial charge is 0.361 e. The van der Waals surface area contributed by atoms with Gasteiger partial charge in [-0.3, -0.25) is 9.46 Å². The fraction of sp³-hybridized carbons (Fsp3) is 0.323. The average molecular weight is 548 g/mol. The molecule has 39 heavy (non-hydrogen) atoms. The summed E-state index contributed by atoms with van der Waals surface area (Å²) in [7, 11) is -3.52. The van der Waals surface area contributed by atoms with E-state index in [1.54, 1.807) is 32.0 Å². The van der Waals surface area contributed by atoms with Crippen LogP contribution in [0.3, 0.4) is 0 Å². The zero-order valence-corrected chi connectivity index (χ0v) is 24.1. The molecule has 1 aromatic heterocycles. The van der Waals surface area contributed by atoms with Crippen LogP contribution in [0.25, 0.3) is 10.9 Å². The molecule has 8 heteroatoms. The molecule has 7 nitrogen and oxygen atoms in total. The van der Waals surface area contributed by atoms with Crippen LogP contribution in [0.2, 0.25) is 0 Å². The second-order valence-corrected chi connectivity index (χ2v) is 11.3. The van der Waals surface area contributed by atoms with E-state index in [4.69, 9.17) is 14.0 Å². The van der Waals surface area contributed by atoms with Crippen LogP contribution in [0, 0.1) is 0 Å². The lowest BCUT2D eigenvalue weighted by Gasteiger charge is -2.19. The Morgan fingerprint density at radius 1 is 0.949 bits per heavy atom. The normalized spacial score (nSPS) is 12.5. The van der Waals surface area contributed by atoms with E-state index in [-0.39, 0.29) is 19.1 Å². The number of rotatable bonds is 13. The summed E-state index contributed by atoms with van der Waals surface area (Å²) >= 11 is 0. The molecule has 0 aliphatic heterocycles. The molecule has 0 saturated heterocycles. The van der Waals surface area contributed by atoms with Gasteiger partial charge in [-0.25, -0.2) is 4.99 Å². The topological polar surface area (TPSA) is 87.2 Å². The number of H-pyrrole nitrogens is 1. The summed E-state index contributed by atoms with van der Waals surface area (Å²) in [6.45, 7) is 11.4. The van der Waals surface area contributed by atoms with Crippen LogP contribution in [-0.4, -0.2) is 47.0 Å². The van der Waals surface area contributed by atoms with Crippen molar-refractivity contribution in [3.63, 3.8) is 0 Å². The van der Waals surface area contributed by atoms with Crippen LogP contribution >= 0.6 is 7.60 Å². The number of nitrogens with one attached hydrogen (secondary N) is 1. The Bertz CT molecular complexity index is 1440. The third kappa shape index (κ3) is 6.68. The highest BCUT2D eigenvalue weighted by Crippen LogP contribution is 2.47. The van der Waals surface area contributed by atoms with Gasteiger partial charge in [-0.05, 0) is 69.3 Å². The molecule has 3 aromatic carbocycles. The summed E-state index contributed by atoms with van der Waals surface area (Å²) in [6.07, 6.45) is 1.12. The summed E-state index contributed by atoms with van der Waals surface area (Å²) in [5.41, 5.74) is 4.68. The molecule has 0 unspecified atom stereocenters. The Morgan fingerprint density at radius 3 is 2.26 bits per heavy atom. The van der Waals surface area contributed by atoms with Crippen LogP contribution < -0.4 is 5.30 Å². The standard InChI is InChI=1S/C31H38N3O4P/c1-5-20-34(6-2)22-23-14-16-25(17-15-23)32-30(24-12-10-9-11-13-24)29-27-21-26(18-19-28(27)33-31(29)35)39(36,37-7-3)38-8-4/h9-19,21,33,35H,5-8,20,22H2,1-4H3. The van der Waals surface area contributed by atoms with E-state index in [0.29, 0.717) is 27.5 Å². The van der Waals surface area contributed by atoms with Crippen molar-refractivity contribution in [3.05, 3.63) is 89.5 Å². The molecule has 0 atom stereocenters. The van der Waals surface area contributed by atoms with Crippen molar-refractivity contribution in [2.75, 3.05) is 26.3 Å². The van der Waals surface area contributed by atoms with Gasteiger partial charge in [-0.15, -0.1) is 0 Å². The first-order valence-electron chi connectivity index (χ1n) is 13.6. The van der Waals surface area contributed by atoms with E-state index >= 15 is 0 Å². The third-order valence-electron chi connectivity index (χ3n) is 6.53. The van der Waals surface area contributed by atoms with E-state index < -0.39 is 7.60 Å². The number of aliphatic imine (C=N–C) groups is 1. The minimum absolute atomic E-state index is 0.0119. The zero-order chi connectivity index (χ0) is 27.8. The Balaban J connectivity index is 1.82. The average Bonchev–Trinajstić information content (AvgIpc) is 3.27. The van der Waals surface area contributed by atoms with Gasteiger partial charge in [0.05, 0.1) is 35.5 Å². The van der Waals surface area contributed by atoms with Crippen molar-refractivity contribution in [1.29, 1.82) is 0 Å². The SMILES string of the molecule is CCCN(CC)Cc1ccc(N=C(c2ccccc2)c2c(O)[nH]c3ccc(P(=O)(OCC)OCC)cc23)cc1. The minimum Gasteiger partial charge on any atom is -0.494 e. The maximum absolute atomic E-state index is 13.5. The number of hydrogen-bond acceptors (Lipinski definition) is 6. The van der Waals surface area contributed by atoms with Crippen molar-refractivity contribution in [1.82, 2.24) is 9.88 Å². The Kier molecular flexibility index (Phi) is 9.76. The third-order valence-corrected chi connectivity index (χ3v) is 8.64. The first-order chi connectivity index (χ1) is 18.9. The van der Waals surface area contributed by atoms with Crippen LogP contribution in [-0.2, 0) is 20.2 Å². The molecule has 0 spiro atoms. The molecule has 0 radical (unpaired) electrons. The number of aromatic nitrogens is 1. The maximum atomic E-state index is 13.5. The Hall–Kier alpha value is -3.22. The number of fused-ring (bicyclic) bond motifs is 1. The van der Waals surface area contributed by atoms with Gasteiger partial charge in [0.25, 0.3) is 0 Å². The van der Waals surface area contributed by atoms with Gasteiger partial charge in [0.15, 0.2) is 5.88 Å². The van der Waals surface area contributed by atoms with Crippen molar-refractivity contribution in [2.45, 2.75) is 40.7 Å². The number of aromatic amines is 1.